The van der Waals surface area contributed by atoms with Crippen LogP contribution in [0.1, 0.15) is 58.2 Å². The highest BCUT2D eigenvalue weighted by atomic mass is 16.6. The van der Waals surface area contributed by atoms with E-state index in [-0.39, 0.29) is 37.1 Å². The maximum atomic E-state index is 15.9. The zero-order valence-electron chi connectivity index (χ0n) is 36.7. The van der Waals surface area contributed by atoms with Gasteiger partial charge in [0.1, 0.15) is 12.2 Å². The van der Waals surface area contributed by atoms with Crippen LogP contribution in [0.4, 0.5) is 16.2 Å². The second-order valence-corrected chi connectivity index (χ2v) is 16.9. The quantitative estimate of drug-likeness (QED) is 0.105. The fourth-order valence-electron chi connectivity index (χ4n) is 8.16. The van der Waals surface area contributed by atoms with Gasteiger partial charge in [-0.25, -0.2) is 4.79 Å². The Balaban J connectivity index is 1.26. The molecule has 8 rings (SSSR count). The smallest absolute Gasteiger partial charge is 0.407 e. The summed E-state index contributed by atoms with van der Waals surface area (Å²) < 4.78 is 19.8. The number of nitrogens with zero attached hydrogens (tertiary/aromatic N) is 2. The molecule has 4 amide bonds. The first kappa shape index (κ1) is 43.8. The molecule has 1 aliphatic rings. The standard InChI is InChI=1S/C53H51N5O7/c1-53(2,3)65-52(62)54-31-42(49(59)55-38-22-10-6-11-23-38)45-28-36-20-14-15-21-37(36)32-58(45)51(61)41-29-48(64-34-35-18-8-5-9-19-35)47(63-4)30-46(41)57-33-43(40-26-16-17-27-44(40)57)50(60)56-39-24-12-7-13-25-39/h5-27,29-30,33,42,45H,28,31-32,34H2,1-4H3,(H,54,62)(H,55,59)(H,56,60)/t42?,45-/m0/s1. The average Bonchev–Trinajstić information content (AvgIpc) is 3.70. The lowest BCUT2D eigenvalue weighted by Gasteiger charge is -2.41. The molecular formula is C53H51N5O7. The molecule has 2 heterocycles. The van der Waals surface area contributed by atoms with Crippen molar-refractivity contribution >= 4 is 46.1 Å². The van der Waals surface area contributed by atoms with Gasteiger partial charge in [-0.1, -0.05) is 109 Å². The average molecular weight is 870 g/mol. The number of carbonyl (C=O) groups is 4. The Labute approximate surface area is 378 Å². The Morgan fingerprint density at radius 1 is 0.708 bits per heavy atom. The van der Waals surface area contributed by atoms with Gasteiger partial charge in [0.2, 0.25) is 5.91 Å². The normalized spacial score (nSPS) is 13.8. The monoisotopic (exact) mass is 869 g/mol. The minimum absolute atomic E-state index is 0.132. The third-order valence-electron chi connectivity index (χ3n) is 11.3. The summed E-state index contributed by atoms with van der Waals surface area (Å²) in [7, 11) is 1.54. The summed E-state index contributed by atoms with van der Waals surface area (Å²) in [4.78, 5) is 59.4. The molecule has 330 valence electrons. The van der Waals surface area contributed by atoms with Gasteiger partial charge in [0.05, 0.1) is 35.4 Å². The Hall–Kier alpha value is -7.86. The molecular weight excluding hydrogens is 819 g/mol. The van der Waals surface area contributed by atoms with Gasteiger partial charge in [0, 0.05) is 48.2 Å². The minimum atomic E-state index is -0.948. The van der Waals surface area contributed by atoms with Crippen LogP contribution in [0.3, 0.4) is 0 Å². The predicted molar refractivity (Wildman–Crippen MR) is 252 cm³/mol. The highest BCUT2D eigenvalue weighted by Gasteiger charge is 2.40. The lowest BCUT2D eigenvalue weighted by Crippen LogP contribution is -2.54. The largest absolute Gasteiger partial charge is 0.493 e. The van der Waals surface area contributed by atoms with Crippen LogP contribution in [0, 0.1) is 5.92 Å². The predicted octanol–water partition coefficient (Wildman–Crippen LogP) is 9.82. The molecule has 0 fully saturated rings. The summed E-state index contributed by atoms with van der Waals surface area (Å²) >= 11 is 0. The number of alkyl carbamates (subject to hydrolysis) is 1. The van der Waals surface area contributed by atoms with E-state index < -0.39 is 29.6 Å². The van der Waals surface area contributed by atoms with Crippen LogP contribution < -0.4 is 25.4 Å². The summed E-state index contributed by atoms with van der Waals surface area (Å²) in [6.07, 6.45) is 1.35. The van der Waals surface area contributed by atoms with E-state index >= 15 is 4.79 Å². The summed E-state index contributed by atoms with van der Waals surface area (Å²) in [6.45, 7) is 5.51. The molecule has 0 bridgehead atoms. The molecule has 12 nitrogen and oxygen atoms in total. The van der Waals surface area contributed by atoms with Crippen molar-refractivity contribution in [3.63, 3.8) is 0 Å². The summed E-state index contributed by atoms with van der Waals surface area (Å²) in [5.41, 5.74) is 4.93. The highest BCUT2D eigenvalue weighted by molar-refractivity contribution is 6.13. The highest BCUT2D eigenvalue weighted by Crippen LogP contribution is 2.39. The van der Waals surface area contributed by atoms with Gasteiger partial charge in [-0.05, 0) is 80.3 Å². The Morgan fingerprint density at radius 3 is 2.00 bits per heavy atom. The van der Waals surface area contributed by atoms with E-state index in [0.29, 0.717) is 51.4 Å². The first-order valence-electron chi connectivity index (χ1n) is 21.5. The maximum absolute atomic E-state index is 15.9. The first-order valence-corrected chi connectivity index (χ1v) is 21.5. The Bertz CT molecular complexity index is 2820. The van der Waals surface area contributed by atoms with Crippen molar-refractivity contribution in [2.45, 2.75) is 52.0 Å². The lowest BCUT2D eigenvalue weighted by molar-refractivity contribution is -0.121. The topological polar surface area (TPSA) is 140 Å². The SMILES string of the molecule is COc1cc(-n2cc(C(=O)Nc3ccccc3)c3ccccc32)c(C(=O)N2Cc3ccccc3C[C@H]2C(CNC(=O)OC(C)(C)C)C(=O)Nc2ccccc2)cc1OCc1ccccc1. The van der Waals surface area contributed by atoms with Crippen LogP contribution in [-0.2, 0) is 29.1 Å². The van der Waals surface area contributed by atoms with E-state index in [1.165, 1.54) is 7.11 Å². The van der Waals surface area contributed by atoms with Crippen LogP contribution in [0.25, 0.3) is 16.6 Å². The molecule has 0 aliphatic carbocycles. The summed E-state index contributed by atoms with van der Waals surface area (Å²) in [6, 6.07) is 45.9. The van der Waals surface area contributed by atoms with Crippen LogP contribution in [-0.4, -0.2) is 58.6 Å². The van der Waals surface area contributed by atoms with Gasteiger partial charge < -0.3 is 39.6 Å². The molecule has 65 heavy (non-hydrogen) atoms. The first-order chi connectivity index (χ1) is 31.5. The number of methoxy groups -OCH3 is 1. The molecule has 0 saturated carbocycles. The maximum Gasteiger partial charge on any atom is 0.407 e. The van der Waals surface area contributed by atoms with E-state index in [9.17, 15) is 14.4 Å². The van der Waals surface area contributed by atoms with Crippen molar-refractivity contribution in [3.05, 3.63) is 186 Å². The number of fused-ring (bicyclic) bond motifs is 2. The number of para-hydroxylation sites is 3. The van der Waals surface area contributed by atoms with Gasteiger partial charge in [0.25, 0.3) is 11.8 Å². The number of hydrogen-bond acceptors (Lipinski definition) is 7. The summed E-state index contributed by atoms with van der Waals surface area (Å²) in [5.74, 6) is -1.39. The molecule has 7 aromatic rings. The van der Waals surface area contributed by atoms with Crippen molar-refractivity contribution in [3.8, 4) is 17.2 Å². The lowest BCUT2D eigenvalue weighted by atomic mass is 9.85. The number of rotatable bonds is 13. The minimum Gasteiger partial charge on any atom is -0.493 e. The van der Waals surface area contributed by atoms with E-state index in [2.05, 4.69) is 16.0 Å². The molecule has 12 heteroatoms. The van der Waals surface area contributed by atoms with E-state index in [0.717, 1.165) is 16.7 Å². The van der Waals surface area contributed by atoms with E-state index in [1.807, 2.05) is 132 Å². The van der Waals surface area contributed by atoms with E-state index in [4.69, 9.17) is 14.2 Å². The molecule has 1 aromatic heterocycles. The van der Waals surface area contributed by atoms with Crippen molar-refractivity contribution in [2.75, 3.05) is 24.3 Å². The van der Waals surface area contributed by atoms with Crippen LogP contribution in [0.5, 0.6) is 11.5 Å². The number of anilines is 2. The third kappa shape index (κ3) is 10.2. The van der Waals surface area contributed by atoms with Gasteiger partial charge in [-0.3, -0.25) is 14.4 Å². The molecule has 1 unspecified atom stereocenters. The van der Waals surface area contributed by atoms with Crippen LogP contribution in [0.15, 0.2) is 158 Å². The fourth-order valence-corrected chi connectivity index (χ4v) is 8.16. The zero-order valence-corrected chi connectivity index (χ0v) is 36.7. The van der Waals surface area contributed by atoms with Gasteiger partial charge in [0.15, 0.2) is 11.5 Å². The zero-order chi connectivity index (χ0) is 45.5. The molecule has 0 radical (unpaired) electrons. The second kappa shape index (κ2) is 19.3. The number of nitrogens with one attached hydrogen (secondary N) is 3. The van der Waals surface area contributed by atoms with Crippen molar-refractivity contribution in [1.29, 1.82) is 0 Å². The number of amides is 4. The number of ether oxygens (including phenoxy) is 3. The Kier molecular flexibility index (Phi) is 13.0. The number of benzene rings is 6. The van der Waals surface area contributed by atoms with Crippen molar-refractivity contribution in [1.82, 2.24) is 14.8 Å². The van der Waals surface area contributed by atoms with Crippen LogP contribution in [0.2, 0.25) is 0 Å². The number of carbonyl (C=O) groups excluding carboxylic acids is 4. The molecule has 0 saturated heterocycles. The molecule has 1 aliphatic heterocycles. The molecule has 2 atom stereocenters. The number of aromatic nitrogens is 1. The molecule has 0 spiro atoms. The van der Waals surface area contributed by atoms with Crippen molar-refractivity contribution < 1.29 is 33.4 Å². The van der Waals surface area contributed by atoms with Crippen LogP contribution >= 0.6 is 0 Å². The van der Waals surface area contributed by atoms with Crippen molar-refractivity contribution in [2.24, 2.45) is 5.92 Å². The third-order valence-corrected chi connectivity index (χ3v) is 11.3. The second-order valence-electron chi connectivity index (χ2n) is 16.9. The number of hydrogen-bond donors (Lipinski definition) is 3. The molecule has 3 N–H and O–H groups in total. The fraction of sp³-hybridized carbons (Fsp3) is 0.208. The van der Waals surface area contributed by atoms with Gasteiger partial charge >= 0.3 is 6.09 Å². The molecule has 6 aromatic carbocycles. The van der Waals surface area contributed by atoms with E-state index in [1.54, 1.807) is 56.1 Å². The Morgan fingerprint density at radius 2 is 1.32 bits per heavy atom. The summed E-state index contributed by atoms with van der Waals surface area (Å²) in [5, 5.41) is 9.54. The van der Waals surface area contributed by atoms with Gasteiger partial charge in [-0.2, -0.15) is 0 Å². The van der Waals surface area contributed by atoms with Gasteiger partial charge in [-0.15, -0.1) is 0 Å².